The topological polar surface area (TPSA) is 68.0 Å². The molecule has 0 aliphatic rings. The van der Waals surface area contributed by atoms with Crippen LogP contribution in [-0.4, -0.2) is 16.0 Å². The number of nitrogens with one attached hydrogen (secondary N) is 1. The monoisotopic (exact) mass is 397 g/mol. The van der Waals surface area contributed by atoms with Gasteiger partial charge in [0, 0.05) is 17.5 Å². The number of nitrogens with zero attached hydrogens (tertiary/aromatic N) is 2. The molecule has 5 nitrogen and oxygen atoms in total. The third-order valence-electron chi connectivity index (χ3n) is 4.92. The van der Waals surface area contributed by atoms with Gasteiger partial charge in [-0.3, -0.25) is 4.79 Å². The highest BCUT2D eigenvalue weighted by atomic mass is 16.5. The Morgan fingerprint density at radius 2 is 1.70 bits per heavy atom. The molecule has 1 N–H and O–H groups in total. The van der Waals surface area contributed by atoms with Crippen LogP contribution in [0.4, 0.5) is 0 Å². The van der Waals surface area contributed by atoms with E-state index in [0.29, 0.717) is 23.7 Å². The highest BCUT2D eigenvalue weighted by Gasteiger charge is 2.23. The summed E-state index contributed by atoms with van der Waals surface area (Å²) in [6.07, 6.45) is 0.549. The van der Waals surface area contributed by atoms with E-state index in [2.05, 4.69) is 15.5 Å². The van der Waals surface area contributed by atoms with Crippen LogP contribution in [-0.2, 0) is 6.42 Å². The predicted octanol–water partition coefficient (Wildman–Crippen LogP) is 5.07. The van der Waals surface area contributed by atoms with Crippen LogP contribution in [0, 0.1) is 13.8 Å². The molecule has 1 amide bonds. The average molecular weight is 397 g/mol. The lowest BCUT2D eigenvalue weighted by molar-refractivity contribution is 0.0928. The van der Waals surface area contributed by atoms with Gasteiger partial charge in [0.2, 0.25) is 11.7 Å². The first kappa shape index (κ1) is 19.6. The summed E-state index contributed by atoms with van der Waals surface area (Å²) in [5.74, 6) is 0.721. The molecule has 0 unspecified atom stereocenters. The summed E-state index contributed by atoms with van der Waals surface area (Å²) in [6, 6.07) is 24.9. The van der Waals surface area contributed by atoms with Crippen molar-refractivity contribution in [3.05, 3.63) is 107 Å². The van der Waals surface area contributed by atoms with Crippen LogP contribution in [0.5, 0.6) is 0 Å². The highest BCUT2D eigenvalue weighted by Crippen LogP contribution is 2.22. The van der Waals surface area contributed by atoms with Gasteiger partial charge in [0.15, 0.2) is 0 Å². The third-order valence-corrected chi connectivity index (χ3v) is 4.92. The van der Waals surface area contributed by atoms with Crippen molar-refractivity contribution in [2.24, 2.45) is 0 Å². The van der Waals surface area contributed by atoms with E-state index < -0.39 is 6.04 Å². The first-order valence-electron chi connectivity index (χ1n) is 9.90. The van der Waals surface area contributed by atoms with Crippen molar-refractivity contribution in [2.75, 3.05) is 0 Å². The van der Waals surface area contributed by atoms with E-state index in [0.717, 1.165) is 22.3 Å². The summed E-state index contributed by atoms with van der Waals surface area (Å²) in [4.78, 5) is 17.4. The van der Waals surface area contributed by atoms with E-state index in [1.807, 2.05) is 92.7 Å². The largest absolute Gasteiger partial charge is 0.340 e. The van der Waals surface area contributed by atoms with E-state index in [1.54, 1.807) is 0 Å². The maximum absolute atomic E-state index is 12.9. The Labute approximate surface area is 175 Å². The first-order valence-corrected chi connectivity index (χ1v) is 9.90. The lowest BCUT2D eigenvalue weighted by Gasteiger charge is -2.15. The average Bonchev–Trinajstić information content (AvgIpc) is 3.25. The van der Waals surface area contributed by atoms with Crippen LogP contribution in [0.25, 0.3) is 11.4 Å². The zero-order chi connectivity index (χ0) is 20.9. The Balaban J connectivity index is 1.62. The van der Waals surface area contributed by atoms with Gasteiger partial charge in [-0.2, -0.15) is 4.98 Å². The van der Waals surface area contributed by atoms with Gasteiger partial charge in [-0.15, -0.1) is 0 Å². The van der Waals surface area contributed by atoms with Crippen LogP contribution in [0.2, 0.25) is 0 Å². The Hall–Kier alpha value is -3.73. The minimum atomic E-state index is -0.438. The Morgan fingerprint density at radius 1 is 0.933 bits per heavy atom. The van der Waals surface area contributed by atoms with Gasteiger partial charge < -0.3 is 9.84 Å². The fourth-order valence-electron chi connectivity index (χ4n) is 3.27. The quantitative estimate of drug-likeness (QED) is 0.493. The molecular formula is C25H23N3O2. The number of carbonyl (C=O) groups is 1. The normalized spacial score (nSPS) is 11.8. The summed E-state index contributed by atoms with van der Waals surface area (Å²) in [7, 11) is 0. The minimum Gasteiger partial charge on any atom is -0.340 e. The van der Waals surface area contributed by atoms with E-state index in [9.17, 15) is 4.79 Å². The van der Waals surface area contributed by atoms with Crippen LogP contribution >= 0.6 is 0 Å². The van der Waals surface area contributed by atoms with Crippen molar-refractivity contribution in [3.8, 4) is 11.4 Å². The molecule has 4 rings (SSSR count). The van der Waals surface area contributed by atoms with Gasteiger partial charge in [0.25, 0.3) is 5.91 Å². The molecule has 0 saturated heterocycles. The molecule has 3 aromatic carbocycles. The van der Waals surface area contributed by atoms with E-state index >= 15 is 0 Å². The zero-order valence-corrected chi connectivity index (χ0v) is 17.0. The second kappa shape index (κ2) is 8.74. The third kappa shape index (κ3) is 4.63. The Bertz CT molecular complexity index is 1130. The maximum atomic E-state index is 12.9. The van der Waals surface area contributed by atoms with E-state index in [1.165, 1.54) is 0 Å². The van der Waals surface area contributed by atoms with E-state index in [-0.39, 0.29) is 5.91 Å². The number of aromatic nitrogens is 2. The molecule has 1 heterocycles. The Morgan fingerprint density at radius 3 is 2.43 bits per heavy atom. The molecule has 4 aromatic rings. The summed E-state index contributed by atoms with van der Waals surface area (Å²) in [5.41, 5.74) is 4.77. The van der Waals surface area contributed by atoms with Crippen LogP contribution in [0.1, 0.15) is 39.0 Å². The number of hydrogen-bond acceptors (Lipinski definition) is 4. The van der Waals surface area contributed by atoms with Gasteiger partial charge in [0.1, 0.15) is 6.04 Å². The number of carbonyl (C=O) groups excluding carboxylic acids is 1. The predicted molar refractivity (Wildman–Crippen MR) is 116 cm³/mol. The van der Waals surface area contributed by atoms with Gasteiger partial charge in [-0.1, -0.05) is 76.9 Å². The van der Waals surface area contributed by atoms with Gasteiger partial charge >= 0.3 is 0 Å². The maximum Gasteiger partial charge on any atom is 0.251 e. The highest BCUT2D eigenvalue weighted by molar-refractivity contribution is 5.94. The van der Waals surface area contributed by atoms with Crippen molar-refractivity contribution in [2.45, 2.75) is 26.3 Å². The fraction of sp³-hybridized carbons (Fsp3) is 0.160. The summed E-state index contributed by atoms with van der Waals surface area (Å²) >= 11 is 0. The standard InChI is InChI=1S/C25H23N3O2/c1-17-11-13-20(14-12-17)24(29)26-22(16-19-8-4-3-5-9-19)25-27-23(28-30-25)21-10-6-7-18(2)15-21/h3-15,22H,16H2,1-2H3,(H,26,29)/t22-/m0/s1. The summed E-state index contributed by atoms with van der Waals surface area (Å²) in [5, 5.41) is 7.20. The van der Waals surface area contributed by atoms with Gasteiger partial charge in [-0.25, -0.2) is 0 Å². The molecule has 1 atom stereocenters. The smallest absolute Gasteiger partial charge is 0.251 e. The molecule has 0 aliphatic heterocycles. The second-order valence-electron chi connectivity index (χ2n) is 7.41. The zero-order valence-electron chi connectivity index (χ0n) is 17.0. The SMILES string of the molecule is Cc1ccc(C(=O)N[C@@H](Cc2ccccc2)c2nc(-c3cccc(C)c3)no2)cc1. The molecule has 0 aliphatic carbocycles. The van der Waals surface area contributed by atoms with Crippen molar-refractivity contribution in [1.29, 1.82) is 0 Å². The number of aryl methyl sites for hydroxylation is 2. The van der Waals surface area contributed by atoms with Crippen LogP contribution in [0.3, 0.4) is 0 Å². The van der Waals surface area contributed by atoms with Crippen molar-refractivity contribution in [3.63, 3.8) is 0 Å². The molecule has 150 valence electrons. The summed E-state index contributed by atoms with van der Waals surface area (Å²) in [6.45, 7) is 4.01. The van der Waals surface area contributed by atoms with Gasteiger partial charge in [0.05, 0.1) is 0 Å². The number of benzene rings is 3. The lowest BCUT2D eigenvalue weighted by Crippen LogP contribution is -2.30. The number of hydrogen-bond donors (Lipinski definition) is 1. The molecule has 0 fully saturated rings. The molecule has 0 radical (unpaired) electrons. The minimum absolute atomic E-state index is 0.175. The fourth-order valence-corrected chi connectivity index (χ4v) is 3.27. The second-order valence-corrected chi connectivity index (χ2v) is 7.41. The van der Waals surface area contributed by atoms with Crippen LogP contribution < -0.4 is 5.32 Å². The number of amides is 1. The van der Waals surface area contributed by atoms with E-state index in [4.69, 9.17) is 4.52 Å². The summed E-state index contributed by atoms with van der Waals surface area (Å²) < 4.78 is 5.57. The molecule has 0 saturated carbocycles. The molecule has 0 spiro atoms. The molecule has 5 heteroatoms. The van der Waals surface area contributed by atoms with Crippen molar-refractivity contribution >= 4 is 5.91 Å². The molecule has 1 aromatic heterocycles. The lowest BCUT2D eigenvalue weighted by atomic mass is 10.0. The Kier molecular flexibility index (Phi) is 5.70. The van der Waals surface area contributed by atoms with Gasteiger partial charge in [-0.05, 0) is 37.6 Å². The van der Waals surface area contributed by atoms with Crippen molar-refractivity contribution < 1.29 is 9.32 Å². The molecule has 0 bridgehead atoms. The molecular weight excluding hydrogens is 374 g/mol. The number of rotatable bonds is 6. The van der Waals surface area contributed by atoms with Crippen LogP contribution in [0.15, 0.2) is 83.4 Å². The molecule has 30 heavy (non-hydrogen) atoms. The first-order chi connectivity index (χ1) is 14.6. The van der Waals surface area contributed by atoms with Crippen molar-refractivity contribution in [1.82, 2.24) is 15.5 Å².